The highest BCUT2D eigenvalue weighted by molar-refractivity contribution is 7.88. The third-order valence-electron chi connectivity index (χ3n) is 1.13. The Morgan fingerprint density at radius 1 is 1.73 bits per heavy atom. The van der Waals surface area contributed by atoms with Gasteiger partial charge in [-0.15, -0.1) is 11.3 Å². The summed E-state index contributed by atoms with van der Waals surface area (Å²) in [5.74, 6) is -0.0347. The predicted octanol–water partition coefficient (Wildman–Crippen LogP) is 0.192. The lowest BCUT2D eigenvalue weighted by molar-refractivity contribution is 0.587. The highest BCUT2D eigenvalue weighted by atomic mass is 32.2. The Morgan fingerprint density at radius 2 is 2.45 bits per heavy atom. The molecular weight excluding hydrogens is 184 g/mol. The third-order valence-corrected chi connectivity index (χ3v) is 3.07. The summed E-state index contributed by atoms with van der Waals surface area (Å²) in [6.45, 7) is 0. The number of rotatable bonds is 3. The average Bonchev–Trinajstić information content (AvgIpc) is 2.39. The molecule has 1 rings (SSSR count). The van der Waals surface area contributed by atoms with Crippen LogP contribution in [0.3, 0.4) is 0 Å². The third kappa shape index (κ3) is 2.57. The Hall–Kier alpha value is -0.460. The topological polar surface area (TPSA) is 59.1 Å². The van der Waals surface area contributed by atoms with E-state index in [4.69, 9.17) is 0 Å². The summed E-state index contributed by atoms with van der Waals surface area (Å²) in [4.78, 5) is 3.85. The molecule has 62 valence electrons. The molecule has 4 nitrogen and oxygen atoms in total. The molecule has 0 saturated carbocycles. The van der Waals surface area contributed by atoms with Crippen LogP contribution >= 0.6 is 11.3 Å². The van der Waals surface area contributed by atoms with Crippen molar-refractivity contribution >= 4 is 21.4 Å². The highest BCUT2D eigenvalue weighted by Crippen LogP contribution is 2.04. The molecule has 0 aliphatic carbocycles. The Kier molecular flexibility index (Phi) is 2.58. The van der Waals surface area contributed by atoms with Crippen LogP contribution in [-0.4, -0.2) is 20.4 Å². The van der Waals surface area contributed by atoms with Gasteiger partial charge in [0, 0.05) is 5.38 Å². The Morgan fingerprint density at radius 3 is 2.91 bits per heavy atom. The van der Waals surface area contributed by atoms with Gasteiger partial charge in [-0.3, -0.25) is 0 Å². The second-order valence-electron chi connectivity index (χ2n) is 1.94. The van der Waals surface area contributed by atoms with Gasteiger partial charge in [-0.25, -0.2) is 18.1 Å². The summed E-state index contributed by atoms with van der Waals surface area (Å²) in [6.07, 6.45) is 0. The smallest absolute Gasteiger partial charge is 0.217 e. The lowest BCUT2D eigenvalue weighted by Gasteiger charge is -1.97. The zero-order valence-corrected chi connectivity index (χ0v) is 7.58. The van der Waals surface area contributed by atoms with Gasteiger partial charge < -0.3 is 0 Å². The van der Waals surface area contributed by atoms with Gasteiger partial charge in [-0.2, -0.15) is 0 Å². The van der Waals surface area contributed by atoms with E-state index in [1.54, 1.807) is 10.9 Å². The largest absolute Gasteiger partial charge is 0.249 e. The molecule has 0 aliphatic heterocycles. The molecule has 6 heteroatoms. The number of nitrogens with zero attached hydrogens (tertiary/aromatic N) is 1. The summed E-state index contributed by atoms with van der Waals surface area (Å²) in [6, 6.07) is 0. The van der Waals surface area contributed by atoms with Crippen molar-refractivity contribution in [3.05, 3.63) is 16.6 Å². The first-order valence-electron chi connectivity index (χ1n) is 2.92. The summed E-state index contributed by atoms with van der Waals surface area (Å²) in [5, 5.41) is 1.72. The van der Waals surface area contributed by atoms with Gasteiger partial charge >= 0.3 is 0 Å². The first kappa shape index (κ1) is 8.63. The highest BCUT2D eigenvalue weighted by Gasteiger charge is 2.08. The molecule has 1 aromatic heterocycles. The maximum atomic E-state index is 10.9. The van der Waals surface area contributed by atoms with Crippen LogP contribution in [0.2, 0.25) is 0 Å². The van der Waals surface area contributed by atoms with Crippen molar-refractivity contribution < 1.29 is 8.42 Å². The second kappa shape index (κ2) is 3.29. The molecule has 0 aromatic carbocycles. The molecule has 0 spiro atoms. The van der Waals surface area contributed by atoms with Gasteiger partial charge in [0.05, 0.1) is 11.2 Å². The van der Waals surface area contributed by atoms with Crippen LogP contribution in [-0.2, 0) is 15.8 Å². The Bertz CT molecular complexity index is 303. The van der Waals surface area contributed by atoms with E-state index in [1.807, 2.05) is 0 Å². The monoisotopic (exact) mass is 192 g/mol. The van der Waals surface area contributed by atoms with Crippen LogP contribution in [0.15, 0.2) is 10.9 Å². The molecule has 0 saturated heterocycles. The molecule has 0 aliphatic rings. The van der Waals surface area contributed by atoms with Gasteiger partial charge in [-0.05, 0) is 7.05 Å². The molecule has 1 heterocycles. The fraction of sp³-hybridized carbons (Fsp3) is 0.400. The second-order valence-corrected chi connectivity index (χ2v) is 4.59. The minimum atomic E-state index is -3.15. The predicted molar refractivity (Wildman–Crippen MR) is 43.8 cm³/mol. The lowest BCUT2D eigenvalue weighted by atomic mass is 10.6. The molecule has 0 bridgehead atoms. The maximum Gasteiger partial charge on any atom is 0.217 e. The van der Waals surface area contributed by atoms with Crippen molar-refractivity contribution in [2.24, 2.45) is 0 Å². The van der Waals surface area contributed by atoms with Crippen LogP contribution < -0.4 is 4.72 Å². The van der Waals surface area contributed by atoms with Crippen molar-refractivity contribution in [3.63, 3.8) is 0 Å². The zero-order valence-electron chi connectivity index (χ0n) is 5.94. The van der Waals surface area contributed by atoms with E-state index in [0.29, 0.717) is 5.69 Å². The SMILES string of the molecule is CNS(=O)(=O)Cc1cscn1. The van der Waals surface area contributed by atoms with E-state index in [2.05, 4.69) is 9.71 Å². The molecule has 1 aromatic rings. The summed E-state index contributed by atoms with van der Waals surface area (Å²) < 4.78 is 24.1. The molecule has 0 fully saturated rings. The number of thiazole rings is 1. The summed E-state index contributed by atoms with van der Waals surface area (Å²) in [7, 11) is -1.76. The molecule has 0 amide bonds. The van der Waals surface area contributed by atoms with Crippen LogP contribution in [0.5, 0.6) is 0 Å². The molecule has 0 radical (unpaired) electrons. The van der Waals surface area contributed by atoms with Gasteiger partial charge in [0.15, 0.2) is 0 Å². The van der Waals surface area contributed by atoms with E-state index in [1.165, 1.54) is 18.4 Å². The van der Waals surface area contributed by atoms with Crippen LogP contribution in [0, 0.1) is 0 Å². The van der Waals surface area contributed by atoms with Crippen molar-refractivity contribution in [2.45, 2.75) is 5.75 Å². The maximum absolute atomic E-state index is 10.9. The number of nitrogens with one attached hydrogen (secondary N) is 1. The fourth-order valence-corrected chi connectivity index (χ4v) is 1.93. The number of hydrogen-bond acceptors (Lipinski definition) is 4. The molecule has 1 N–H and O–H groups in total. The number of hydrogen-bond donors (Lipinski definition) is 1. The molecular formula is C5H8N2O2S2. The number of sulfonamides is 1. The van der Waals surface area contributed by atoms with Crippen LogP contribution in [0.1, 0.15) is 5.69 Å². The minimum absolute atomic E-state index is 0.0347. The summed E-state index contributed by atoms with van der Waals surface area (Å²) in [5.41, 5.74) is 2.20. The minimum Gasteiger partial charge on any atom is -0.249 e. The van der Waals surface area contributed by atoms with Gasteiger partial charge in [-0.1, -0.05) is 0 Å². The van der Waals surface area contributed by atoms with Crippen molar-refractivity contribution in [1.82, 2.24) is 9.71 Å². The van der Waals surface area contributed by atoms with Crippen molar-refractivity contribution in [2.75, 3.05) is 7.05 Å². The van der Waals surface area contributed by atoms with Gasteiger partial charge in [0.2, 0.25) is 10.0 Å². The van der Waals surface area contributed by atoms with E-state index >= 15 is 0 Å². The van der Waals surface area contributed by atoms with Crippen molar-refractivity contribution in [1.29, 1.82) is 0 Å². The Labute approximate surface area is 69.3 Å². The molecule has 11 heavy (non-hydrogen) atoms. The molecule has 0 atom stereocenters. The van der Waals surface area contributed by atoms with Crippen LogP contribution in [0.4, 0.5) is 0 Å². The average molecular weight is 192 g/mol. The van der Waals surface area contributed by atoms with E-state index in [9.17, 15) is 8.42 Å². The standard InChI is InChI=1S/C5H8N2O2S2/c1-6-11(8,9)3-5-2-10-4-7-5/h2,4,6H,3H2,1H3. The quantitative estimate of drug-likeness (QED) is 0.744. The number of aromatic nitrogens is 1. The van der Waals surface area contributed by atoms with E-state index < -0.39 is 10.0 Å². The van der Waals surface area contributed by atoms with E-state index in [-0.39, 0.29) is 5.75 Å². The van der Waals surface area contributed by atoms with Crippen molar-refractivity contribution in [3.8, 4) is 0 Å². The van der Waals surface area contributed by atoms with E-state index in [0.717, 1.165) is 0 Å². The lowest BCUT2D eigenvalue weighted by Crippen LogP contribution is -2.20. The first-order valence-corrected chi connectivity index (χ1v) is 5.52. The fourth-order valence-electron chi connectivity index (χ4n) is 0.576. The summed E-state index contributed by atoms with van der Waals surface area (Å²) >= 11 is 1.39. The molecule has 0 unspecified atom stereocenters. The van der Waals surface area contributed by atoms with Gasteiger partial charge in [0.25, 0.3) is 0 Å². The zero-order chi connectivity index (χ0) is 8.32. The van der Waals surface area contributed by atoms with Crippen LogP contribution in [0.25, 0.3) is 0 Å². The normalized spacial score (nSPS) is 11.7. The van der Waals surface area contributed by atoms with Gasteiger partial charge in [0.1, 0.15) is 5.75 Å². The Balaban J connectivity index is 2.72. The first-order chi connectivity index (χ1) is 5.14.